The van der Waals surface area contributed by atoms with Gasteiger partial charge in [0.05, 0.1) is 6.10 Å². The highest BCUT2D eigenvalue weighted by Gasteiger charge is 2.43. The van der Waals surface area contributed by atoms with Crippen molar-refractivity contribution in [3.8, 4) is 0 Å². The molecule has 2 unspecified atom stereocenters. The molecule has 0 aromatic heterocycles. The maximum Gasteiger partial charge on any atom is 0.318 e. The molecule has 3 atom stereocenters. The molecule has 4 aliphatic rings. The topological polar surface area (TPSA) is 84.9 Å². The van der Waals surface area contributed by atoms with E-state index in [1.54, 1.807) is 0 Å². The van der Waals surface area contributed by atoms with E-state index in [4.69, 9.17) is 0 Å². The van der Waals surface area contributed by atoms with Gasteiger partial charge in [0.25, 0.3) is 0 Å². The van der Waals surface area contributed by atoms with Gasteiger partial charge in [0.15, 0.2) is 0 Å². The Balaban J connectivity index is 1.15. The number of hydrogen-bond donors (Lipinski definition) is 3. The Morgan fingerprint density at radius 1 is 1.00 bits per heavy atom. The summed E-state index contributed by atoms with van der Waals surface area (Å²) in [5, 5.41) is 16.3. The summed E-state index contributed by atoms with van der Waals surface area (Å²) in [6.07, 6.45) is 8.21. The number of aliphatic hydroxyl groups is 1. The molecule has 2 bridgehead atoms. The molecule has 1 aromatic rings. The molecule has 4 fully saturated rings. The van der Waals surface area contributed by atoms with Gasteiger partial charge in [0.2, 0.25) is 5.91 Å². The third kappa shape index (κ3) is 4.81. The van der Waals surface area contributed by atoms with Crippen LogP contribution < -0.4 is 15.5 Å². The minimum Gasteiger partial charge on any atom is -0.393 e. The number of nitrogens with one attached hydrogen (secondary N) is 2. The number of nitrogens with zero attached hydrogens (tertiary/aromatic N) is 2. The van der Waals surface area contributed by atoms with E-state index in [-0.39, 0.29) is 36.2 Å². The summed E-state index contributed by atoms with van der Waals surface area (Å²) >= 11 is 0. The first-order chi connectivity index (χ1) is 15.0. The molecule has 5 rings (SSSR count). The zero-order chi connectivity index (χ0) is 21.4. The average molecular weight is 427 g/mol. The summed E-state index contributed by atoms with van der Waals surface area (Å²) < 4.78 is 0. The second-order valence-corrected chi connectivity index (χ2v) is 9.89. The summed E-state index contributed by atoms with van der Waals surface area (Å²) in [5.41, 5.74) is 1.97. The first kappa shape index (κ1) is 20.6. The molecule has 3 N–H and O–H groups in total. The minimum absolute atomic E-state index is 0.0416. The van der Waals surface area contributed by atoms with Crippen LogP contribution in [0.15, 0.2) is 24.3 Å². The van der Waals surface area contributed by atoms with Crippen LogP contribution in [0.1, 0.15) is 57.8 Å². The molecular weight excluding hydrogens is 392 g/mol. The van der Waals surface area contributed by atoms with Gasteiger partial charge in [-0.2, -0.15) is 0 Å². The molecule has 3 saturated heterocycles. The Hall–Kier alpha value is -2.28. The monoisotopic (exact) mass is 426 g/mol. The fourth-order valence-corrected chi connectivity index (χ4v) is 5.61. The van der Waals surface area contributed by atoms with Crippen LogP contribution in [0.3, 0.4) is 0 Å². The van der Waals surface area contributed by atoms with E-state index < -0.39 is 0 Å². The predicted molar refractivity (Wildman–Crippen MR) is 120 cm³/mol. The molecule has 3 amide bonds. The van der Waals surface area contributed by atoms with E-state index >= 15 is 0 Å². The van der Waals surface area contributed by atoms with Gasteiger partial charge in [0, 0.05) is 49.0 Å². The molecule has 3 heterocycles. The third-order valence-electron chi connectivity index (χ3n) is 7.38. The Labute approximate surface area is 184 Å². The van der Waals surface area contributed by atoms with Gasteiger partial charge in [-0.25, -0.2) is 4.79 Å². The molecule has 168 valence electrons. The first-order valence-electron chi connectivity index (χ1n) is 12.0. The fourth-order valence-electron chi connectivity index (χ4n) is 5.61. The number of rotatable bonds is 5. The highest BCUT2D eigenvalue weighted by atomic mass is 16.3. The third-order valence-corrected chi connectivity index (χ3v) is 7.38. The Bertz CT molecular complexity index is 796. The number of carbonyl (C=O) groups excluding carboxylic acids is 2. The first-order valence-corrected chi connectivity index (χ1v) is 12.0. The van der Waals surface area contributed by atoms with Crippen molar-refractivity contribution in [3.05, 3.63) is 24.3 Å². The van der Waals surface area contributed by atoms with Crippen molar-refractivity contribution in [2.24, 2.45) is 5.92 Å². The van der Waals surface area contributed by atoms with E-state index in [1.807, 2.05) is 17.0 Å². The molecule has 0 spiro atoms. The highest BCUT2D eigenvalue weighted by Crippen LogP contribution is 2.36. The van der Waals surface area contributed by atoms with Crippen molar-refractivity contribution < 1.29 is 14.7 Å². The lowest BCUT2D eigenvalue weighted by atomic mass is 10.00. The number of urea groups is 1. The lowest BCUT2D eigenvalue weighted by Gasteiger charge is -2.40. The normalized spacial score (nSPS) is 30.2. The maximum atomic E-state index is 13.0. The average Bonchev–Trinajstić information content (AvgIpc) is 3.51. The van der Waals surface area contributed by atoms with E-state index in [0.717, 1.165) is 50.1 Å². The van der Waals surface area contributed by atoms with Crippen molar-refractivity contribution >= 4 is 23.3 Å². The largest absolute Gasteiger partial charge is 0.393 e. The van der Waals surface area contributed by atoms with Crippen molar-refractivity contribution in [1.29, 1.82) is 0 Å². The van der Waals surface area contributed by atoms with Crippen LogP contribution >= 0.6 is 0 Å². The molecule has 3 aliphatic heterocycles. The number of fused-ring (bicyclic) bond motifs is 2. The van der Waals surface area contributed by atoms with Crippen LogP contribution in [0.5, 0.6) is 0 Å². The number of anilines is 2. The van der Waals surface area contributed by atoms with Gasteiger partial charge in [-0.1, -0.05) is 0 Å². The smallest absolute Gasteiger partial charge is 0.318 e. The summed E-state index contributed by atoms with van der Waals surface area (Å²) in [6, 6.07) is 8.61. The van der Waals surface area contributed by atoms with E-state index in [1.165, 1.54) is 12.8 Å². The van der Waals surface area contributed by atoms with Crippen molar-refractivity contribution in [2.75, 3.05) is 23.3 Å². The molecular formula is C24H34N4O3. The van der Waals surface area contributed by atoms with Gasteiger partial charge in [-0.3, -0.25) is 4.79 Å². The maximum absolute atomic E-state index is 13.0. The molecule has 1 aromatic carbocycles. The van der Waals surface area contributed by atoms with Gasteiger partial charge in [-0.15, -0.1) is 0 Å². The van der Waals surface area contributed by atoms with Crippen LogP contribution in [-0.2, 0) is 4.79 Å². The lowest BCUT2D eigenvalue weighted by Crippen LogP contribution is -2.56. The Kier molecular flexibility index (Phi) is 5.78. The summed E-state index contributed by atoms with van der Waals surface area (Å²) in [4.78, 5) is 29.3. The van der Waals surface area contributed by atoms with Crippen LogP contribution in [0.2, 0.25) is 0 Å². The fraction of sp³-hybridized carbons (Fsp3) is 0.667. The number of carbonyl (C=O) groups is 2. The van der Waals surface area contributed by atoms with Crippen molar-refractivity contribution in [1.82, 2.24) is 10.2 Å². The number of hydrogen-bond acceptors (Lipinski definition) is 4. The summed E-state index contributed by atoms with van der Waals surface area (Å²) in [7, 11) is 0. The second kappa shape index (κ2) is 8.69. The lowest BCUT2D eigenvalue weighted by molar-refractivity contribution is -0.116. The quantitative estimate of drug-likeness (QED) is 0.676. The number of piperidine rings is 2. The number of aliphatic hydroxyl groups excluding tert-OH is 1. The van der Waals surface area contributed by atoms with E-state index in [2.05, 4.69) is 27.7 Å². The van der Waals surface area contributed by atoms with E-state index in [0.29, 0.717) is 25.2 Å². The Morgan fingerprint density at radius 3 is 2.39 bits per heavy atom. The van der Waals surface area contributed by atoms with Crippen molar-refractivity contribution in [2.45, 2.75) is 82.0 Å². The van der Waals surface area contributed by atoms with Gasteiger partial charge >= 0.3 is 6.03 Å². The molecule has 7 heteroatoms. The van der Waals surface area contributed by atoms with Gasteiger partial charge < -0.3 is 25.5 Å². The second-order valence-electron chi connectivity index (χ2n) is 9.89. The van der Waals surface area contributed by atoms with Gasteiger partial charge in [0.1, 0.15) is 0 Å². The van der Waals surface area contributed by atoms with Crippen LogP contribution in [0.4, 0.5) is 16.2 Å². The molecule has 7 nitrogen and oxygen atoms in total. The Morgan fingerprint density at radius 2 is 1.71 bits per heavy atom. The highest BCUT2D eigenvalue weighted by molar-refractivity contribution is 5.91. The predicted octanol–water partition coefficient (Wildman–Crippen LogP) is 3.09. The zero-order valence-electron chi connectivity index (χ0n) is 18.1. The summed E-state index contributed by atoms with van der Waals surface area (Å²) in [6.45, 7) is 1.77. The molecule has 1 saturated carbocycles. The van der Waals surface area contributed by atoms with Crippen molar-refractivity contribution in [3.63, 3.8) is 0 Å². The standard InChI is InChI=1S/C24H34N4O3/c29-22-13-20-9-10-21(14-22)28(20)24(31)26-18-2-1-11-27(15-18)19-7-5-17(6-8-19)25-23(30)12-16-3-4-16/h5-8,16,18,20-22,29H,1-4,9-15H2,(H,25,30)(H,26,31)/t18-,20?,21?,22?/m0/s1. The minimum atomic E-state index is -0.256. The van der Waals surface area contributed by atoms with Crippen LogP contribution in [-0.4, -0.2) is 59.3 Å². The molecule has 31 heavy (non-hydrogen) atoms. The van der Waals surface area contributed by atoms with Crippen LogP contribution in [0, 0.1) is 5.92 Å². The SMILES string of the molecule is O=C(CC1CC1)Nc1ccc(N2CCC[C@H](NC(=O)N3C4CCC3CC(O)C4)C2)cc1. The van der Waals surface area contributed by atoms with Gasteiger partial charge in [-0.05, 0) is 81.5 Å². The molecule has 1 aliphatic carbocycles. The number of amides is 3. The molecule has 0 radical (unpaired) electrons. The zero-order valence-corrected chi connectivity index (χ0v) is 18.1. The summed E-state index contributed by atoms with van der Waals surface area (Å²) in [5.74, 6) is 0.695. The number of benzene rings is 1. The van der Waals surface area contributed by atoms with Crippen LogP contribution in [0.25, 0.3) is 0 Å². The van der Waals surface area contributed by atoms with E-state index in [9.17, 15) is 14.7 Å².